The molecule has 1 aromatic carbocycles. The lowest BCUT2D eigenvalue weighted by Crippen LogP contribution is -2.09. The van der Waals surface area contributed by atoms with Crippen molar-refractivity contribution in [1.82, 2.24) is 35.1 Å². The first kappa shape index (κ1) is 20.7. The Bertz CT molecular complexity index is 1690. The van der Waals surface area contributed by atoms with E-state index in [0.717, 1.165) is 33.2 Å². The summed E-state index contributed by atoms with van der Waals surface area (Å²) in [5.41, 5.74) is 8.06. The number of benzene rings is 1. The summed E-state index contributed by atoms with van der Waals surface area (Å²) in [7, 11) is 0. The monoisotopic (exact) mass is 460 g/mol. The standard InChI is InChI=1S/C26H20N8O/c1-2-22(35)29-17-12-16(13-28-14-17)19-6-7-21-24(30-19)25(34-33-21)26-31-20-5-3-4-18(23(20)32-26)15-8-10-27-11-9-15/h3-14H,2H2,1H3,(H,29,35)(H,31,32)(H,33,34). The highest BCUT2D eigenvalue weighted by Crippen LogP contribution is 2.31. The Labute approximate surface area is 199 Å². The number of nitrogens with one attached hydrogen (secondary N) is 3. The largest absolute Gasteiger partial charge is 0.336 e. The van der Waals surface area contributed by atoms with Gasteiger partial charge in [0.15, 0.2) is 11.5 Å². The number of fused-ring (bicyclic) bond motifs is 2. The van der Waals surface area contributed by atoms with Crippen LogP contribution in [-0.4, -0.2) is 41.0 Å². The molecular weight excluding hydrogens is 440 g/mol. The first-order chi connectivity index (χ1) is 17.2. The van der Waals surface area contributed by atoms with E-state index < -0.39 is 0 Å². The van der Waals surface area contributed by atoms with E-state index in [2.05, 4.69) is 30.5 Å². The lowest BCUT2D eigenvalue weighted by atomic mass is 10.1. The van der Waals surface area contributed by atoms with Crippen LogP contribution in [0.2, 0.25) is 0 Å². The minimum atomic E-state index is -0.0690. The van der Waals surface area contributed by atoms with Crippen molar-refractivity contribution in [2.45, 2.75) is 13.3 Å². The molecule has 6 rings (SSSR count). The number of imidazole rings is 1. The second kappa shape index (κ2) is 8.45. The highest BCUT2D eigenvalue weighted by atomic mass is 16.1. The van der Waals surface area contributed by atoms with Crippen LogP contribution in [0.25, 0.3) is 56.0 Å². The third-order valence-electron chi connectivity index (χ3n) is 5.77. The molecule has 3 N–H and O–H groups in total. The first-order valence-electron chi connectivity index (χ1n) is 11.2. The molecule has 170 valence electrons. The van der Waals surface area contributed by atoms with E-state index in [4.69, 9.17) is 9.97 Å². The Morgan fingerprint density at radius 2 is 1.80 bits per heavy atom. The molecular formula is C26H20N8O. The molecule has 6 aromatic rings. The molecule has 5 heterocycles. The molecule has 0 saturated carbocycles. The second-order valence-corrected chi connectivity index (χ2v) is 8.05. The Morgan fingerprint density at radius 3 is 2.66 bits per heavy atom. The van der Waals surface area contributed by atoms with Crippen LogP contribution in [0.3, 0.4) is 0 Å². The number of aromatic nitrogens is 7. The number of hydrogen-bond acceptors (Lipinski definition) is 6. The van der Waals surface area contributed by atoms with Gasteiger partial charge in [0, 0.05) is 36.1 Å². The zero-order valence-corrected chi connectivity index (χ0v) is 18.8. The lowest BCUT2D eigenvalue weighted by Gasteiger charge is -2.06. The fraction of sp³-hybridized carbons (Fsp3) is 0.0769. The molecule has 5 aromatic heterocycles. The van der Waals surface area contributed by atoms with Crippen molar-refractivity contribution in [2.75, 3.05) is 5.32 Å². The van der Waals surface area contributed by atoms with Gasteiger partial charge < -0.3 is 10.3 Å². The molecule has 35 heavy (non-hydrogen) atoms. The third-order valence-corrected chi connectivity index (χ3v) is 5.77. The van der Waals surface area contributed by atoms with Gasteiger partial charge in [0.05, 0.1) is 34.1 Å². The molecule has 0 bridgehead atoms. The van der Waals surface area contributed by atoms with Crippen LogP contribution >= 0.6 is 0 Å². The maximum atomic E-state index is 11.8. The summed E-state index contributed by atoms with van der Waals surface area (Å²) in [4.78, 5) is 33.3. The minimum Gasteiger partial charge on any atom is -0.336 e. The van der Waals surface area contributed by atoms with E-state index in [0.29, 0.717) is 34.8 Å². The molecule has 9 nitrogen and oxygen atoms in total. The van der Waals surface area contributed by atoms with Gasteiger partial charge >= 0.3 is 0 Å². The number of hydrogen-bond donors (Lipinski definition) is 3. The summed E-state index contributed by atoms with van der Waals surface area (Å²) in [6.45, 7) is 1.81. The summed E-state index contributed by atoms with van der Waals surface area (Å²) in [5, 5.41) is 10.4. The van der Waals surface area contributed by atoms with Gasteiger partial charge in [0.2, 0.25) is 5.91 Å². The molecule has 0 aliphatic carbocycles. The summed E-state index contributed by atoms with van der Waals surface area (Å²) in [6, 6.07) is 15.6. The average molecular weight is 461 g/mol. The normalized spacial score (nSPS) is 11.2. The van der Waals surface area contributed by atoms with E-state index in [9.17, 15) is 4.79 Å². The molecule has 0 radical (unpaired) electrons. The number of aromatic amines is 2. The minimum absolute atomic E-state index is 0.0690. The highest BCUT2D eigenvalue weighted by molar-refractivity contribution is 5.96. The Kier molecular flexibility index (Phi) is 4.99. The van der Waals surface area contributed by atoms with Crippen LogP contribution in [0.5, 0.6) is 0 Å². The molecule has 0 unspecified atom stereocenters. The zero-order valence-electron chi connectivity index (χ0n) is 18.8. The van der Waals surface area contributed by atoms with Gasteiger partial charge in [-0.1, -0.05) is 19.1 Å². The molecule has 9 heteroatoms. The van der Waals surface area contributed by atoms with Gasteiger partial charge in [-0.2, -0.15) is 5.10 Å². The number of amides is 1. The average Bonchev–Trinajstić information content (AvgIpc) is 3.53. The SMILES string of the molecule is CCC(=O)Nc1cncc(-c2ccc3[nH]nc(-c4nc5c(-c6ccncc6)cccc5[nH]4)c3n2)c1. The highest BCUT2D eigenvalue weighted by Gasteiger charge is 2.17. The molecule has 0 fully saturated rings. The Hall–Kier alpha value is -4.92. The van der Waals surface area contributed by atoms with Crippen LogP contribution in [-0.2, 0) is 4.79 Å². The number of nitrogens with zero attached hydrogens (tertiary/aromatic N) is 5. The van der Waals surface area contributed by atoms with Crippen molar-refractivity contribution in [3.05, 3.63) is 73.3 Å². The Morgan fingerprint density at radius 1 is 0.914 bits per heavy atom. The number of rotatable bonds is 5. The van der Waals surface area contributed by atoms with Crippen molar-refractivity contribution in [1.29, 1.82) is 0 Å². The van der Waals surface area contributed by atoms with Crippen LogP contribution in [0.15, 0.2) is 73.3 Å². The summed E-state index contributed by atoms with van der Waals surface area (Å²) in [6.07, 6.45) is 7.27. The van der Waals surface area contributed by atoms with Crippen LogP contribution < -0.4 is 5.32 Å². The fourth-order valence-electron chi connectivity index (χ4n) is 4.03. The van der Waals surface area contributed by atoms with Gasteiger partial charge in [0.25, 0.3) is 0 Å². The van der Waals surface area contributed by atoms with Gasteiger partial charge in [-0.25, -0.2) is 9.97 Å². The summed E-state index contributed by atoms with van der Waals surface area (Å²) < 4.78 is 0. The smallest absolute Gasteiger partial charge is 0.224 e. The number of pyridine rings is 3. The predicted octanol–water partition coefficient (Wildman–Crippen LogP) is 4.97. The van der Waals surface area contributed by atoms with Gasteiger partial charge in [-0.05, 0) is 42.0 Å². The van der Waals surface area contributed by atoms with E-state index in [-0.39, 0.29) is 5.91 Å². The predicted molar refractivity (Wildman–Crippen MR) is 134 cm³/mol. The number of anilines is 1. The van der Waals surface area contributed by atoms with Gasteiger partial charge in [-0.15, -0.1) is 0 Å². The number of carbonyl (C=O) groups excluding carboxylic acids is 1. The van der Waals surface area contributed by atoms with Gasteiger partial charge in [-0.3, -0.25) is 19.9 Å². The molecule has 0 spiro atoms. The molecule has 1 amide bonds. The number of H-pyrrole nitrogens is 2. The fourth-order valence-corrected chi connectivity index (χ4v) is 4.03. The second-order valence-electron chi connectivity index (χ2n) is 8.05. The van der Waals surface area contributed by atoms with E-state index in [1.54, 1.807) is 31.7 Å². The zero-order chi connectivity index (χ0) is 23.8. The first-order valence-corrected chi connectivity index (χ1v) is 11.2. The number of para-hydroxylation sites is 1. The van der Waals surface area contributed by atoms with Gasteiger partial charge in [0.1, 0.15) is 5.52 Å². The third kappa shape index (κ3) is 3.78. The van der Waals surface area contributed by atoms with Crippen molar-refractivity contribution in [2.24, 2.45) is 0 Å². The molecule has 0 aliphatic heterocycles. The summed E-state index contributed by atoms with van der Waals surface area (Å²) >= 11 is 0. The van der Waals surface area contributed by atoms with E-state index in [1.807, 2.05) is 48.5 Å². The van der Waals surface area contributed by atoms with E-state index in [1.165, 1.54) is 0 Å². The maximum absolute atomic E-state index is 11.8. The molecule has 0 atom stereocenters. The number of carbonyl (C=O) groups is 1. The topological polar surface area (TPSA) is 125 Å². The Balaban J connectivity index is 1.43. The van der Waals surface area contributed by atoms with Crippen molar-refractivity contribution >= 4 is 33.7 Å². The van der Waals surface area contributed by atoms with Crippen molar-refractivity contribution in [3.8, 4) is 33.9 Å². The summed E-state index contributed by atoms with van der Waals surface area (Å²) in [5.74, 6) is 0.556. The van der Waals surface area contributed by atoms with Crippen molar-refractivity contribution < 1.29 is 4.79 Å². The van der Waals surface area contributed by atoms with Crippen LogP contribution in [0.1, 0.15) is 13.3 Å². The van der Waals surface area contributed by atoms with E-state index >= 15 is 0 Å². The quantitative estimate of drug-likeness (QED) is 0.333. The molecule has 0 aliphatic rings. The van der Waals surface area contributed by atoms with Crippen LogP contribution in [0, 0.1) is 0 Å². The molecule has 0 saturated heterocycles. The van der Waals surface area contributed by atoms with Crippen LogP contribution in [0.4, 0.5) is 5.69 Å². The van der Waals surface area contributed by atoms with Crippen molar-refractivity contribution in [3.63, 3.8) is 0 Å². The maximum Gasteiger partial charge on any atom is 0.224 e. The lowest BCUT2D eigenvalue weighted by molar-refractivity contribution is -0.115.